The van der Waals surface area contributed by atoms with Crippen LogP contribution in [0.3, 0.4) is 0 Å². The summed E-state index contributed by atoms with van der Waals surface area (Å²) in [6, 6.07) is 12.9. The summed E-state index contributed by atoms with van der Waals surface area (Å²) in [5.41, 5.74) is 2.40. The molecule has 0 aliphatic heterocycles. The van der Waals surface area contributed by atoms with E-state index in [1.54, 1.807) is 0 Å². The summed E-state index contributed by atoms with van der Waals surface area (Å²) in [7, 11) is 0. The molecule has 17 heavy (non-hydrogen) atoms. The van der Waals surface area contributed by atoms with E-state index in [-0.39, 0.29) is 0 Å². The summed E-state index contributed by atoms with van der Waals surface area (Å²) in [5, 5.41) is 1.25. The molecule has 0 saturated carbocycles. The molecule has 0 fully saturated rings. The van der Waals surface area contributed by atoms with E-state index in [0.717, 1.165) is 10.9 Å². The Bertz CT molecular complexity index is 666. The maximum atomic E-state index is 3.50. The molecule has 3 heteroatoms. The number of nitrogens with one attached hydrogen (secondary N) is 1. The van der Waals surface area contributed by atoms with Crippen molar-refractivity contribution in [1.29, 1.82) is 0 Å². The zero-order valence-electron chi connectivity index (χ0n) is 9.46. The average Bonchev–Trinajstić information content (AvgIpc) is 2.93. The van der Waals surface area contributed by atoms with Gasteiger partial charge in [0.25, 0.3) is 0 Å². The number of rotatable bonds is 2. The van der Waals surface area contributed by atoms with Gasteiger partial charge >= 0.3 is 0 Å². The third-order valence-electron chi connectivity index (χ3n) is 2.86. The van der Waals surface area contributed by atoms with Crippen LogP contribution in [0.4, 0.5) is 0 Å². The van der Waals surface area contributed by atoms with Gasteiger partial charge in [-0.2, -0.15) is 0 Å². The number of thiophene rings is 1. The van der Waals surface area contributed by atoms with Crippen LogP contribution >= 0.6 is 27.3 Å². The van der Waals surface area contributed by atoms with Gasteiger partial charge in [0.1, 0.15) is 0 Å². The van der Waals surface area contributed by atoms with Crippen molar-refractivity contribution in [3.05, 3.63) is 45.7 Å². The minimum absolute atomic E-state index is 1.11. The topological polar surface area (TPSA) is 15.8 Å². The first kappa shape index (κ1) is 11.1. The lowest BCUT2D eigenvalue weighted by Crippen LogP contribution is -1.69. The lowest BCUT2D eigenvalue weighted by molar-refractivity contribution is 1.19. The third-order valence-corrected chi connectivity index (χ3v) is 4.61. The normalized spacial score (nSPS) is 11.2. The van der Waals surface area contributed by atoms with Crippen molar-refractivity contribution in [2.75, 3.05) is 0 Å². The number of halogens is 1. The highest BCUT2D eigenvalue weighted by Crippen LogP contribution is 2.31. The highest BCUT2D eigenvalue weighted by atomic mass is 79.9. The molecule has 1 aromatic carbocycles. The number of benzene rings is 1. The molecule has 0 bridgehead atoms. The molecule has 0 aliphatic rings. The van der Waals surface area contributed by atoms with Gasteiger partial charge in [-0.3, -0.25) is 0 Å². The van der Waals surface area contributed by atoms with Crippen LogP contribution in [0.2, 0.25) is 0 Å². The highest BCUT2D eigenvalue weighted by molar-refractivity contribution is 9.10. The lowest BCUT2D eigenvalue weighted by Gasteiger charge is -1.90. The van der Waals surface area contributed by atoms with Gasteiger partial charge in [0.2, 0.25) is 0 Å². The van der Waals surface area contributed by atoms with Crippen LogP contribution in [-0.2, 0) is 6.42 Å². The number of hydrogen-bond donors (Lipinski definition) is 1. The van der Waals surface area contributed by atoms with Crippen LogP contribution in [0, 0.1) is 0 Å². The number of aromatic nitrogens is 1. The first-order valence-electron chi connectivity index (χ1n) is 5.63. The molecule has 2 heterocycles. The molecule has 3 rings (SSSR count). The molecule has 86 valence electrons. The van der Waals surface area contributed by atoms with E-state index < -0.39 is 0 Å². The van der Waals surface area contributed by atoms with Crippen molar-refractivity contribution in [3.63, 3.8) is 0 Å². The molecule has 1 N–H and O–H groups in total. The van der Waals surface area contributed by atoms with E-state index >= 15 is 0 Å². The van der Waals surface area contributed by atoms with Crippen molar-refractivity contribution < 1.29 is 0 Å². The second kappa shape index (κ2) is 4.31. The minimum atomic E-state index is 1.11. The molecule has 0 saturated heterocycles. The maximum absolute atomic E-state index is 3.50. The predicted octanol–water partition coefficient (Wildman–Crippen LogP) is 5.22. The third kappa shape index (κ3) is 2.05. The fourth-order valence-corrected chi connectivity index (χ4v) is 3.25. The smallest absolute Gasteiger partial charge is 0.0566 e. The summed E-state index contributed by atoms with van der Waals surface area (Å²) in [6.07, 6.45) is 1.11. The van der Waals surface area contributed by atoms with Crippen LogP contribution in [0.5, 0.6) is 0 Å². The summed E-state index contributed by atoms with van der Waals surface area (Å²) in [4.78, 5) is 6.21. The summed E-state index contributed by atoms with van der Waals surface area (Å²) < 4.78 is 1.12. The number of hydrogen-bond acceptors (Lipinski definition) is 1. The molecule has 2 aromatic heterocycles. The molecule has 0 atom stereocenters. The molecule has 3 aromatic rings. The predicted molar refractivity (Wildman–Crippen MR) is 78.7 cm³/mol. The molecular formula is C14H12BrNS. The zero-order chi connectivity index (χ0) is 11.8. The minimum Gasteiger partial charge on any atom is -0.354 e. The average molecular weight is 306 g/mol. The van der Waals surface area contributed by atoms with E-state index in [2.05, 4.69) is 64.2 Å². The van der Waals surface area contributed by atoms with Crippen LogP contribution in [0.15, 0.2) is 40.9 Å². The first-order chi connectivity index (χ1) is 8.26. The van der Waals surface area contributed by atoms with E-state index in [4.69, 9.17) is 0 Å². The van der Waals surface area contributed by atoms with Crippen LogP contribution in [0.25, 0.3) is 21.5 Å². The summed E-state index contributed by atoms with van der Waals surface area (Å²) in [5.74, 6) is 0. The quantitative estimate of drug-likeness (QED) is 0.668. The number of aryl methyl sites for hydroxylation is 1. The summed E-state index contributed by atoms with van der Waals surface area (Å²) in [6.45, 7) is 2.19. The van der Waals surface area contributed by atoms with Gasteiger partial charge in [-0.15, -0.1) is 11.3 Å². The fraction of sp³-hybridized carbons (Fsp3) is 0.143. The van der Waals surface area contributed by atoms with Crippen molar-refractivity contribution >= 4 is 38.2 Å². The number of fused-ring (bicyclic) bond motifs is 1. The molecule has 0 aliphatic carbocycles. The fourth-order valence-electron chi connectivity index (χ4n) is 1.95. The van der Waals surface area contributed by atoms with Crippen LogP contribution < -0.4 is 0 Å². The Hall–Kier alpha value is -1.06. The monoisotopic (exact) mass is 305 g/mol. The largest absolute Gasteiger partial charge is 0.354 e. The summed E-state index contributed by atoms with van der Waals surface area (Å²) >= 11 is 5.36. The second-order valence-corrected chi connectivity index (χ2v) is 6.12. The Morgan fingerprint density at radius 1 is 1.18 bits per heavy atom. The molecule has 0 unspecified atom stereocenters. The van der Waals surface area contributed by atoms with Crippen molar-refractivity contribution in [3.8, 4) is 10.6 Å². The van der Waals surface area contributed by atoms with Crippen LogP contribution in [-0.4, -0.2) is 4.98 Å². The van der Waals surface area contributed by atoms with E-state index in [1.165, 1.54) is 26.4 Å². The Kier molecular flexibility index (Phi) is 2.81. The van der Waals surface area contributed by atoms with Crippen molar-refractivity contribution in [2.24, 2.45) is 0 Å². The zero-order valence-corrected chi connectivity index (χ0v) is 11.9. The number of aromatic amines is 1. The van der Waals surface area contributed by atoms with Crippen molar-refractivity contribution in [2.45, 2.75) is 13.3 Å². The Morgan fingerprint density at radius 2 is 2.06 bits per heavy atom. The van der Waals surface area contributed by atoms with E-state index in [0.29, 0.717) is 0 Å². The van der Waals surface area contributed by atoms with Gasteiger partial charge in [0.15, 0.2) is 0 Å². The first-order valence-corrected chi connectivity index (χ1v) is 7.24. The Labute approximate surface area is 113 Å². The van der Waals surface area contributed by atoms with Gasteiger partial charge in [0.05, 0.1) is 10.6 Å². The molecule has 0 spiro atoms. The molecule has 0 radical (unpaired) electrons. The number of H-pyrrole nitrogens is 1. The Balaban J connectivity index is 2.11. The maximum Gasteiger partial charge on any atom is 0.0566 e. The van der Waals surface area contributed by atoms with E-state index in [9.17, 15) is 0 Å². The Morgan fingerprint density at radius 3 is 2.82 bits per heavy atom. The van der Waals surface area contributed by atoms with Gasteiger partial charge in [-0.1, -0.05) is 22.9 Å². The SMILES string of the molecule is CCc1ccc(-c2cc3cc(Br)ccc3[nH]2)s1. The van der Waals surface area contributed by atoms with Crippen molar-refractivity contribution in [1.82, 2.24) is 4.98 Å². The molecule has 0 amide bonds. The van der Waals surface area contributed by atoms with Gasteiger partial charge in [-0.25, -0.2) is 0 Å². The highest BCUT2D eigenvalue weighted by Gasteiger charge is 2.06. The van der Waals surface area contributed by atoms with E-state index in [1.807, 2.05) is 11.3 Å². The molecule has 1 nitrogen and oxygen atoms in total. The van der Waals surface area contributed by atoms with Gasteiger partial charge in [-0.05, 0) is 42.8 Å². The second-order valence-electron chi connectivity index (χ2n) is 4.03. The van der Waals surface area contributed by atoms with Gasteiger partial charge < -0.3 is 4.98 Å². The van der Waals surface area contributed by atoms with Gasteiger partial charge in [0, 0.05) is 20.3 Å². The molecular weight excluding hydrogens is 294 g/mol. The van der Waals surface area contributed by atoms with Crippen LogP contribution in [0.1, 0.15) is 11.8 Å². The standard InChI is InChI=1S/C14H12BrNS/c1-2-11-4-6-14(17-11)13-8-9-7-10(15)3-5-12(9)16-13/h3-8,16H,2H2,1H3. The lowest BCUT2D eigenvalue weighted by atomic mass is 10.2.